The summed E-state index contributed by atoms with van der Waals surface area (Å²) in [6.45, 7) is 0. The van der Waals surface area contributed by atoms with Crippen molar-refractivity contribution in [3.63, 3.8) is 0 Å². The molecule has 2 N–H and O–H groups in total. The Balaban J connectivity index is 1.51. The Morgan fingerprint density at radius 2 is 2.15 bits per heavy atom. The lowest BCUT2D eigenvalue weighted by atomic mass is 9.92. The van der Waals surface area contributed by atoms with E-state index in [0.717, 1.165) is 43.4 Å². The molecule has 3 heterocycles. The van der Waals surface area contributed by atoms with Crippen LogP contribution in [0.15, 0.2) is 18.6 Å². The number of amides is 1. The Hall–Kier alpha value is -2.48. The second-order valence-corrected chi connectivity index (χ2v) is 7.69. The first kappa shape index (κ1) is 15.7. The Morgan fingerprint density at radius 1 is 1.31 bits per heavy atom. The lowest BCUT2D eigenvalue weighted by Gasteiger charge is -2.33. The number of nitrogens with one attached hydrogen (secondary N) is 1. The van der Waals surface area contributed by atoms with E-state index in [9.17, 15) is 9.90 Å². The molecule has 0 radical (unpaired) electrons. The first-order valence-corrected chi connectivity index (χ1v) is 9.22. The molecule has 2 aliphatic carbocycles. The van der Waals surface area contributed by atoms with Gasteiger partial charge in [0.15, 0.2) is 0 Å². The molecule has 2 fully saturated rings. The molecule has 2 atom stereocenters. The number of rotatable bonds is 3. The van der Waals surface area contributed by atoms with Gasteiger partial charge in [-0.25, -0.2) is 4.98 Å². The summed E-state index contributed by atoms with van der Waals surface area (Å²) in [5.41, 5.74) is 1.33. The molecule has 1 spiro atoms. The highest BCUT2D eigenvalue weighted by Crippen LogP contribution is 2.57. The van der Waals surface area contributed by atoms with Crippen LogP contribution in [0.25, 0.3) is 0 Å². The van der Waals surface area contributed by atoms with Crippen molar-refractivity contribution in [1.82, 2.24) is 19.7 Å². The summed E-state index contributed by atoms with van der Waals surface area (Å²) in [5.74, 6) is 1.32. The van der Waals surface area contributed by atoms with Crippen LogP contribution in [0.4, 0.5) is 17.5 Å². The molecule has 0 bridgehead atoms. The van der Waals surface area contributed by atoms with Crippen molar-refractivity contribution in [2.75, 3.05) is 10.2 Å². The van der Waals surface area contributed by atoms with Gasteiger partial charge in [0.2, 0.25) is 11.9 Å². The maximum absolute atomic E-state index is 13.2. The summed E-state index contributed by atoms with van der Waals surface area (Å²) >= 11 is 0. The third-order valence-corrected chi connectivity index (χ3v) is 5.84. The number of hydrogen-bond donors (Lipinski definition) is 2. The molecule has 0 saturated heterocycles. The summed E-state index contributed by atoms with van der Waals surface area (Å²) in [5, 5.41) is 17.4. The van der Waals surface area contributed by atoms with E-state index in [1.54, 1.807) is 17.1 Å². The van der Waals surface area contributed by atoms with Gasteiger partial charge in [0, 0.05) is 31.0 Å². The summed E-state index contributed by atoms with van der Waals surface area (Å²) in [4.78, 5) is 24.1. The molecule has 5 rings (SSSR count). The van der Waals surface area contributed by atoms with Crippen molar-refractivity contribution < 1.29 is 9.90 Å². The first-order valence-electron chi connectivity index (χ1n) is 9.22. The fourth-order valence-corrected chi connectivity index (χ4v) is 4.33. The standard InChI is InChI=1S/C18H22N6O2/c1-23-10-11(8-20-23)21-17-19-9-14-15(22-17)24(16(26)18(14)5-6-18)12-3-2-4-13(25)7-12/h8-10,12-13,25H,2-7H2,1H3,(H,19,21,22)/t12-,13-/m0/s1. The van der Waals surface area contributed by atoms with Crippen molar-refractivity contribution >= 4 is 23.4 Å². The average molecular weight is 354 g/mol. The highest BCUT2D eigenvalue weighted by atomic mass is 16.3. The van der Waals surface area contributed by atoms with Gasteiger partial charge >= 0.3 is 0 Å². The molecule has 8 nitrogen and oxygen atoms in total. The lowest BCUT2D eigenvalue weighted by molar-refractivity contribution is -0.121. The van der Waals surface area contributed by atoms with Crippen LogP contribution in [0, 0.1) is 0 Å². The third-order valence-electron chi connectivity index (χ3n) is 5.84. The van der Waals surface area contributed by atoms with E-state index in [-0.39, 0.29) is 18.1 Å². The van der Waals surface area contributed by atoms with E-state index >= 15 is 0 Å². The molecule has 26 heavy (non-hydrogen) atoms. The largest absolute Gasteiger partial charge is 0.393 e. The number of carbonyl (C=O) groups is 1. The summed E-state index contributed by atoms with van der Waals surface area (Å²) in [6.07, 6.45) is 10.0. The van der Waals surface area contributed by atoms with Crippen LogP contribution in [-0.2, 0) is 17.3 Å². The van der Waals surface area contributed by atoms with Crippen molar-refractivity contribution in [2.45, 2.75) is 56.1 Å². The number of hydrogen-bond acceptors (Lipinski definition) is 6. The van der Waals surface area contributed by atoms with Crippen LogP contribution in [-0.4, -0.2) is 42.9 Å². The predicted molar refractivity (Wildman–Crippen MR) is 95.2 cm³/mol. The van der Waals surface area contributed by atoms with E-state index < -0.39 is 5.41 Å². The number of aliphatic hydroxyl groups is 1. The quantitative estimate of drug-likeness (QED) is 0.870. The van der Waals surface area contributed by atoms with Gasteiger partial charge in [-0.15, -0.1) is 0 Å². The monoisotopic (exact) mass is 354 g/mol. The normalized spacial score (nSPS) is 26.2. The van der Waals surface area contributed by atoms with Crippen molar-refractivity contribution in [2.24, 2.45) is 7.05 Å². The highest BCUT2D eigenvalue weighted by Gasteiger charge is 2.61. The molecular formula is C18H22N6O2. The molecule has 2 saturated carbocycles. The zero-order chi connectivity index (χ0) is 17.9. The molecule has 1 amide bonds. The van der Waals surface area contributed by atoms with Crippen molar-refractivity contribution in [3.05, 3.63) is 24.2 Å². The fraction of sp³-hybridized carbons (Fsp3) is 0.556. The van der Waals surface area contributed by atoms with Crippen LogP contribution >= 0.6 is 0 Å². The second kappa shape index (κ2) is 5.51. The van der Waals surface area contributed by atoms with E-state index in [1.165, 1.54) is 0 Å². The summed E-state index contributed by atoms with van der Waals surface area (Å²) < 4.78 is 1.70. The molecule has 3 aliphatic rings. The van der Waals surface area contributed by atoms with Crippen molar-refractivity contribution in [3.8, 4) is 0 Å². The van der Waals surface area contributed by atoms with Gasteiger partial charge in [-0.2, -0.15) is 10.1 Å². The van der Waals surface area contributed by atoms with Gasteiger partial charge in [-0.1, -0.05) is 0 Å². The zero-order valence-electron chi connectivity index (χ0n) is 14.7. The second-order valence-electron chi connectivity index (χ2n) is 7.69. The first-order chi connectivity index (χ1) is 12.6. The van der Waals surface area contributed by atoms with Gasteiger partial charge in [0.1, 0.15) is 5.82 Å². The SMILES string of the molecule is Cn1cc(Nc2ncc3c(n2)N([C@H]2CCC[C@H](O)C2)C(=O)C32CC2)cn1. The van der Waals surface area contributed by atoms with Crippen LogP contribution in [0.3, 0.4) is 0 Å². The molecule has 8 heteroatoms. The lowest BCUT2D eigenvalue weighted by Crippen LogP contribution is -2.44. The number of aryl methyl sites for hydroxylation is 1. The molecular weight excluding hydrogens is 332 g/mol. The van der Waals surface area contributed by atoms with E-state index in [4.69, 9.17) is 0 Å². The topological polar surface area (TPSA) is 96.2 Å². The Labute approximate surface area is 151 Å². The van der Waals surface area contributed by atoms with Crippen LogP contribution in [0.1, 0.15) is 44.1 Å². The minimum absolute atomic E-state index is 0.0196. The smallest absolute Gasteiger partial charge is 0.239 e. The van der Waals surface area contributed by atoms with E-state index in [1.807, 2.05) is 18.1 Å². The summed E-state index contributed by atoms with van der Waals surface area (Å²) in [6, 6.07) is 0.0196. The Morgan fingerprint density at radius 3 is 2.85 bits per heavy atom. The van der Waals surface area contributed by atoms with Gasteiger partial charge < -0.3 is 10.4 Å². The summed E-state index contributed by atoms with van der Waals surface area (Å²) in [7, 11) is 1.85. The number of nitrogens with zero attached hydrogens (tertiary/aromatic N) is 5. The number of anilines is 3. The van der Waals surface area contributed by atoms with Gasteiger partial charge in [0.25, 0.3) is 0 Å². The van der Waals surface area contributed by atoms with Crippen LogP contribution in [0.5, 0.6) is 0 Å². The van der Waals surface area contributed by atoms with Gasteiger partial charge in [-0.05, 0) is 38.5 Å². The number of fused-ring (bicyclic) bond motifs is 2. The van der Waals surface area contributed by atoms with E-state index in [2.05, 4.69) is 20.4 Å². The third kappa shape index (κ3) is 2.32. The fourth-order valence-electron chi connectivity index (χ4n) is 4.33. The maximum Gasteiger partial charge on any atom is 0.239 e. The predicted octanol–water partition coefficient (Wildman–Crippen LogP) is 1.64. The minimum Gasteiger partial charge on any atom is -0.393 e. The number of aliphatic hydroxyl groups excluding tert-OH is 1. The van der Waals surface area contributed by atoms with Gasteiger partial charge in [-0.3, -0.25) is 14.4 Å². The molecule has 0 aromatic carbocycles. The Kier molecular flexibility index (Phi) is 3.34. The number of carbonyl (C=O) groups excluding carboxylic acids is 1. The molecule has 0 unspecified atom stereocenters. The zero-order valence-corrected chi connectivity index (χ0v) is 14.7. The van der Waals surface area contributed by atoms with E-state index in [0.29, 0.717) is 18.2 Å². The maximum atomic E-state index is 13.2. The molecule has 136 valence electrons. The molecule has 2 aromatic rings. The average Bonchev–Trinajstić information content (AvgIpc) is 3.26. The number of aromatic nitrogens is 4. The van der Waals surface area contributed by atoms with Crippen molar-refractivity contribution in [1.29, 1.82) is 0 Å². The molecule has 1 aliphatic heterocycles. The van der Waals surface area contributed by atoms with Gasteiger partial charge in [0.05, 0.1) is 23.4 Å². The minimum atomic E-state index is -0.412. The van der Waals surface area contributed by atoms with Crippen LogP contribution < -0.4 is 10.2 Å². The highest BCUT2D eigenvalue weighted by molar-refractivity contribution is 6.09. The Bertz CT molecular complexity index is 874. The van der Waals surface area contributed by atoms with Crippen LogP contribution in [0.2, 0.25) is 0 Å². The molecule has 2 aromatic heterocycles.